The van der Waals surface area contributed by atoms with Crippen LogP contribution in [0.3, 0.4) is 0 Å². The molecule has 1 fully saturated rings. The van der Waals surface area contributed by atoms with Crippen molar-refractivity contribution in [3.63, 3.8) is 0 Å². The lowest BCUT2D eigenvalue weighted by Gasteiger charge is -2.15. The number of rotatable bonds is 3. The molecule has 0 radical (unpaired) electrons. The molecule has 0 unspecified atom stereocenters. The molecule has 0 aromatic carbocycles. The molecule has 1 aliphatic heterocycles. The van der Waals surface area contributed by atoms with Crippen LogP contribution in [0.4, 0.5) is 0 Å². The van der Waals surface area contributed by atoms with Crippen molar-refractivity contribution in [3.05, 3.63) is 46.7 Å². The molecule has 0 aliphatic carbocycles. The SMILES string of the molecule is CCn1c([C@@H]2CCN(C(=O)c3ccc(Br)o3)C2)nc2cccnc21. The smallest absolute Gasteiger partial charge is 0.289 e. The standard InChI is InChI=1S/C17H17BrN4O2/c1-2-22-15(20-12-4-3-8-19-16(12)22)11-7-9-21(10-11)17(23)13-5-6-14(18)24-13/h3-6,8,11H,2,7,9-10H2,1H3/t11-/m1/s1. The molecule has 0 saturated carbocycles. The van der Waals surface area contributed by atoms with Crippen molar-refractivity contribution in [3.8, 4) is 0 Å². The lowest BCUT2D eigenvalue weighted by atomic mass is 10.1. The van der Waals surface area contributed by atoms with E-state index in [9.17, 15) is 4.79 Å². The second-order valence-electron chi connectivity index (χ2n) is 5.90. The van der Waals surface area contributed by atoms with Crippen molar-refractivity contribution < 1.29 is 9.21 Å². The third kappa shape index (κ3) is 2.53. The van der Waals surface area contributed by atoms with Gasteiger partial charge in [0.25, 0.3) is 5.91 Å². The number of halogens is 1. The number of amides is 1. The van der Waals surface area contributed by atoms with Gasteiger partial charge in [-0.2, -0.15) is 0 Å². The summed E-state index contributed by atoms with van der Waals surface area (Å²) in [6, 6.07) is 7.32. The molecule has 24 heavy (non-hydrogen) atoms. The number of aromatic nitrogens is 3. The van der Waals surface area contributed by atoms with Crippen LogP contribution in [0, 0.1) is 0 Å². The van der Waals surface area contributed by atoms with Gasteiger partial charge in [-0.1, -0.05) is 0 Å². The number of furan rings is 1. The van der Waals surface area contributed by atoms with Crippen LogP contribution in [0.2, 0.25) is 0 Å². The van der Waals surface area contributed by atoms with Gasteiger partial charge in [0.05, 0.1) is 0 Å². The first-order valence-electron chi connectivity index (χ1n) is 8.03. The summed E-state index contributed by atoms with van der Waals surface area (Å²) in [5, 5.41) is 0. The molecule has 3 aromatic heterocycles. The zero-order chi connectivity index (χ0) is 16.7. The van der Waals surface area contributed by atoms with Gasteiger partial charge < -0.3 is 13.9 Å². The summed E-state index contributed by atoms with van der Waals surface area (Å²) in [6.07, 6.45) is 2.69. The van der Waals surface area contributed by atoms with Crippen molar-refractivity contribution in [1.82, 2.24) is 19.4 Å². The molecule has 124 valence electrons. The minimum Gasteiger partial charge on any atom is -0.444 e. The highest BCUT2D eigenvalue weighted by molar-refractivity contribution is 9.10. The number of nitrogens with zero attached hydrogens (tertiary/aromatic N) is 4. The maximum atomic E-state index is 12.5. The summed E-state index contributed by atoms with van der Waals surface area (Å²) in [7, 11) is 0. The molecule has 0 bridgehead atoms. The highest BCUT2D eigenvalue weighted by Gasteiger charge is 2.32. The minimum atomic E-state index is -0.0690. The first-order valence-corrected chi connectivity index (χ1v) is 8.82. The Kier molecular flexibility index (Phi) is 3.88. The Bertz CT molecular complexity index is 901. The molecule has 1 amide bonds. The number of hydrogen-bond donors (Lipinski definition) is 0. The second kappa shape index (κ2) is 6.05. The Morgan fingerprint density at radius 3 is 3.04 bits per heavy atom. The molecular weight excluding hydrogens is 372 g/mol. The lowest BCUT2D eigenvalue weighted by Crippen LogP contribution is -2.28. The van der Waals surface area contributed by atoms with Crippen LogP contribution in [0.5, 0.6) is 0 Å². The Balaban J connectivity index is 1.60. The summed E-state index contributed by atoms with van der Waals surface area (Å²) in [6.45, 7) is 4.28. The number of imidazole rings is 1. The van der Waals surface area contributed by atoms with Gasteiger partial charge in [-0.05, 0) is 53.5 Å². The Morgan fingerprint density at radius 2 is 2.29 bits per heavy atom. The second-order valence-corrected chi connectivity index (χ2v) is 6.68. The van der Waals surface area contributed by atoms with Gasteiger partial charge in [0.15, 0.2) is 16.1 Å². The van der Waals surface area contributed by atoms with E-state index in [1.807, 2.05) is 17.0 Å². The van der Waals surface area contributed by atoms with Crippen LogP contribution >= 0.6 is 15.9 Å². The summed E-state index contributed by atoms with van der Waals surface area (Å²) in [4.78, 5) is 23.6. The first kappa shape index (κ1) is 15.4. The highest BCUT2D eigenvalue weighted by atomic mass is 79.9. The molecule has 4 rings (SSSR count). The van der Waals surface area contributed by atoms with E-state index in [0.29, 0.717) is 23.5 Å². The number of fused-ring (bicyclic) bond motifs is 1. The first-order chi connectivity index (χ1) is 11.7. The van der Waals surface area contributed by atoms with Gasteiger partial charge in [-0.15, -0.1) is 0 Å². The molecule has 7 heteroatoms. The maximum Gasteiger partial charge on any atom is 0.289 e. The molecule has 4 heterocycles. The Morgan fingerprint density at radius 1 is 1.42 bits per heavy atom. The predicted octanol–water partition coefficient (Wildman–Crippen LogP) is 3.44. The van der Waals surface area contributed by atoms with E-state index in [4.69, 9.17) is 9.40 Å². The fourth-order valence-corrected chi connectivity index (χ4v) is 3.65. The van der Waals surface area contributed by atoms with Crippen LogP contribution < -0.4 is 0 Å². The molecular formula is C17H17BrN4O2. The quantitative estimate of drug-likeness (QED) is 0.689. The highest BCUT2D eigenvalue weighted by Crippen LogP contribution is 2.30. The average molecular weight is 389 g/mol. The van der Waals surface area contributed by atoms with E-state index in [1.54, 1.807) is 18.3 Å². The normalized spacial score (nSPS) is 17.8. The number of carbonyl (C=O) groups is 1. The van der Waals surface area contributed by atoms with Crippen LogP contribution in [-0.2, 0) is 6.54 Å². The topological polar surface area (TPSA) is 64.2 Å². The lowest BCUT2D eigenvalue weighted by molar-refractivity contribution is 0.0757. The molecule has 6 nitrogen and oxygen atoms in total. The summed E-state index contributed by atoms with van der Waals surface area (Å²) >= 11 is 3.24. The summed E-state index contributed by atoms with van der Waals surface area (Å²) in [5.74, 6) is 1.54. The summed E-state index contributed by atoms with van der Waals surface area (Å²) in [5.41, 5.74) is 1.82. The molecule has 1 saturated heterocycles. The fraction of sp³-hybridized carbons (Fsp3) is 0.353. The summed E-state index contributed by atoms with van der Waals surface area (Å²) < 4.78 is 8.11. The maximum absolute atomic E-state index is 12.5. The molecule has 1 atom stereocenters. The van der Waals surface area contributed by atoms with Crippen LogP contribution in [0.1, 0.15) is 35.6 Å². The van der Waals surface area contributed by atoms with Crippen molar-refractivity contribution in [2.24, 2.45) is 0 Å². The molecule has 0 spiro atoms. The van der Waals surface area contributed by atoms with E-state index in [1.165, 1.54) is 0 Å². The van der Waals surface area contributed by atoms with E-state index >= 15 is 0 Å². The van der Waals surface area contributed by atoms with Gasteiger partial charge in [0.1, 0.15) is 11.3 Å². The predicted molar refractivity (Wildman–Crippen MR) is 92.9 cm³/mol. The van der Waals surface area contributed by atoms with Gasteiger partial charge in [0.2, 0.25) is 0 Å². The number of pyridine rings is 1. The van der Waals surface area contributed by atoms with Crippen LogP contribution in [0.15, 0.2) is 39.5 Å². The average Bonchev–Trinajstić information content (AvgIpc) is 3.31. The largest absolute Gasteiger partial charge is 0.444 e. The van der Waals surface area contributed by atoms with E-state index in [0.717, 1.165) is 30.0 Å². The zero-order valence-electron chi connectivity index (χ0n) is 13.3. The monoisotopic (exact) mass is 388 g/mol. The van der Waals surface area contributed by atoms with Crippen molar-refractivity contribution >= 4 is 33.0 Å². The van der Waals surface area contributed by atoms with Crippen molar-refractivity contribution in [1.29, 1.82) is 0 Å². The van der Waals surface area contributed by atoms with Crippen molar-refractivity contribution in [2.45, 2.75) is 25.8 Å². The van der Waals surface area contributed by atoms with E-state index < -0.39 is 0 Å². The number of aryl methyl sites for hydroxylation is 1. The van der Waals surface area contributed by atoms with Gasteiger partial charge in [0, 0.05) is 31.7 Å². The fourth-order valence-electron chi connectivity index (χ4n) is 3.34. The Labute approximate surface area is 147 Å². The molecule has 0 N–H and O–H groups in total. The minimum absolute atomic E-state index is 0.0690. The van der Waals surface area contributed by atoms with Gasteiger partial charge in [-0.25, -0.2) is 9.97 Å². The number of likely N-dealkylation sites (tertiary alicyclic amines) is 1. The van der Waals surface area contributed by atoms with Gasteiger partial charge in [-0.3, -0.25) is 4.79 Å². The van der Waals surface area contributed by atoms with Crippen LogP contribution in [0.25, 0.3) is 11.2 Å². The van der Waals surface area contributed by atoms with E-state index in [2.05, 4.69) is 32.4 Å². The zero-order valence-corrected chi connectivity index (χ0v) is 14.9. The third-order valence-electron chi connectivity index (χ3n) is 4.47. The number of carbonyl (C=O) groups excluding carboxylic acids is 1. The molecule has 1 aliphatic rings. The van der Waals surface area contributed by atoms with Crippen LogP contribution in [-0.4, -0.2) is 38.4 Å². The van der Waals surface area contributed by atoms with E-state index in [-0.39, 0.29) is 11.8 Å². The van der Waals surface area contributed by atoms with Crippen molar-refractivity contribution in [2.75, 3.05) is 13.1 Å². The number of hydrogen-bond acceptors (Lipinski definition) is 4. The van der Waals surface area contributed by atoms with Gasteiger partial charge >= 0.3 is 0 Å². The Hall–Kier alpha value is -2.15. The molecule has 3 aromatic rings. The third-order valence-corrected chi connectivity index (χ3v) is 4.90.